The quantitative estimate of drug-likeness (QED) is 0.915. The Hall–Kier alpha value is -1.91. The Kier molecular flexibility index (Phi) is 3.83. The molecule has 0 aliphatic heterocycles. The minimum absolute atomic E-state index is 0.562. The second-order valence-electron chi connectivity index (χ2n) is 4.78. The molecule has 0 unspecified atom stereocenters. The summed E-state index contributed by atoms with van der Waals surface area (Å²) < 4.78 is 1.67. The van der Waals surface area contributed by atoms with Gasteiger partial charge in [0.15, 0.2) is 0 Å². The minimum atomic E-state index is 0.562. The summed E-state index contributed by atoms with van der Waals surface area (Å²) in [5, 5.41) is 4.57. The molecule has 2 aromatic rings. The number of hydrogen-bond acceptors (Lipinski definition) is 4. The Morgan fingerprint density at radius 1 is 1.16 bits per heavy atom. The molecule has 0 atom stereocenters. The molecule has 0 amide bonds. The van der Waals surface area contributed by atoms with E-state index >= 15 is 0 Å². The van der Waals surface area contributed by atoms with Gasteiger partial charge < -0.3 is 5.73 Å². The summed E-state index contributed by atoms with van der Waals surface area (Å²) in [7, 11) is 0. The van der Waals surface area contributed by atoms with Gasteiger partial charge in [0.05, 0.1) is 5.69 Å². The third-order valence-corrected chi connectivity index (χ3v) is 3.10. The third-order valence-electron chi connectivity index (χ3n) is 3.10. The fourth-order valence-electron chi connectivity index (χ4n) is 2.27. The molecule has 0 aromatic carbocycles. The van der Waals surface area contributed by atoms with Crippen LogP contribution in [0.3, 0.4) is 0 Å². The zero-order valence-electron chi connectivity index (χ0n) is 12.1. The van der Waals surface area contributed by atoms with Crippen molar-refractivity contribution in [2.75, 3.05) is 5.73 Å². The highest BCUT2D eigenvalue weighted by Gasteiger charge is 2.16. The lowest BCUT2D eigenvalue weighted by molar-refractivity contribution is 0.781. The first-order valence-electron chi connectivity index (χ1n) is 6.75. The molecule has 0 radical (unpaired) electrons. The maximum Gasteiger partial charge on any atom is 0.252 e. The van der Waals surface area contributed by atoms with E-state index in [9.17, 15) is 0 Å². The highest BCUT2D eigenvalue weighted by Crippen LogP contribution is 2.21. The number of nitrogens with two attached hydrogens (primary N) is 1. The summed E-state index contributed by atoms with van der Waals surface area (Å²) >= 11 is 0. The fourth-order valence-corrected chi connectivity index (χ4v) is 2.27. The van der Waals surface area contributed by atoms with E-state index in [4.69, 9.17) is 5.73 Å². The molecule has 0 spiro atoms. The number of rotatable bonds is 4. The number of aryl methyl sites for hydroxylation is 3. The van der Waals surface area contributed by atoms with E-state index < -0.39 is 0 Å². The zero-order valence-corrected chi connectivity index (χ0v) is 12.1. The van der Waals surface area contributed by atoms with Gasteiger partial charge in [-0.25, -0.2) is 9.97 Å². The summed E-state index contributed by atoms with van der Waals surface area (Å²) in [5.74, 6) is 1.23. The molecule has 0 saturated heterocycles. The average Bonchev–Trinajstić information content (AvgIpc) is 2.66. The first-order chi connectivity index (χ1) is 9.06. The highest BCUT2D eigenvalue weighted by atomic mass is 15.4. The van der Waals surface area contributed by atoms with Crippen LogP contribution in [0.4, 0.5) is 5.82 Å². The maximum atomic E-state index is 6.22. The van der Waals surface area contributed by atoms with Crippen LogP contribution in [-0.2, 0) is 12.8 Å². The van der Waals surface area contributed by atoms with Gasteiger partial charge in [0.25, 0.3) is 5.95 Å². The van der Waals surface area contributed by atoms with E-state index in [1.807, 2.05) is 19.9 Å². The van der Waals surface area contributed by atoms with Crippen molar-refractivity contribution >= 4 is 5.82 Å². The van der Waals surface area contributed by atoms with Gasteiger partial charge in [0.1, 0.15) is 5.82 Å². The molecule has 0 saturated carbocycles. The van der Waals surface area contributed by atoms with E-state index in [0.29, 0.717) is 11.8 Å². The van der Waals surface area contributed by atoms with Gasteiger partial charge in [0, 0.05) is 17.0 Å². The van der Waals surface area contributed by atoms with Crippen LogP contribution in [0.5, 0.6) is 0 Å². The van der Waals surface area contributed by atoms with Gasteiger partial charge in [-0.1, -0.05) is 20.3 Å². The molecule has 0 bridgehead atoms. The molecule has 5 nitrogen and oxygen atoms in total. The summed E-state index contributed by atoms with van der Waals surface area (Å²) in [5.41, 5.74) is 10.2. The Bertz CT molecular complexity index is 566. The summed E-state index contributed by atoms with van der Waals surface area (Å²) in [4.78, 5) is 8.85. The number of hydrogen-bond donors (Lipinski definition) is 1. The van der Waals surface area contributed by atoms with E-state index in [0.717, 1.165) is 41.9 Å². The first-order valence-corrected chi connectivity index (χ1v) is 6.75. The molecule has 102 valence electrons. The van der Waals surface area contributed by atoms with E-state index in [-0.39, 0.29) is 0 Å². The van der Waals surface area contributed by atoms with Crippen LogP contribution in [0.1, 0.15) is 42.9 Å². The molecule has 0 aliphatic rings. The van der Waals surface area contributed by atoms with Crippen molar-refractivity contribution in [2.24, 2.45) is 0 Å². The molecular formula is C14H21N5. The van der Waals surface area contributed by atoms with Gasteiger partial charge in [-0.3, -0.25) is 0 Å². The van der Waals surface area contributed by atoms with Crippen LogP contribution in [0.2, 0.25) is 0 Å². The molecule has 2 heterocycles. The van der Waals surface area contributed by atoms with Crippen molar-refractivity contribution in [3.8, 4) is 5.95 Å². The second-order valence-corrected chi connectivity index (χ2v) is 4.78. The normalized spacial score (nSPS) is 10.9. The summed E-state index contributed by atoms with van der Waals surface area (Å²) in [6, 6.07) is 1.94. The van der Waals surface area contributed by atoms with Crippen molar-refractivity contribution in [1.29, 1.82) is 0 Å². The van der Waals surface area contributed by atoms with Crippen LogP contribution in [0.25, 0.3) is 5.95 Å². The van der Waals surface area contributed by atoms with Gasteiger partial charge in [-0.2, -0.15) is 9.78 Å². The maximum absolute atomic E-state index is 6.22. The van der Waals surface area contributed by atoms with Crippen molar-refractivity contribution in [2.45, 2.75) is 47.0 Å². The van der Waals surface area contributed by atoms with Crippen molar-refractivity contribution in [3.05, 3.63) is 28.7 Å². The molecule has 5 heteroatoms. The largest absolute Gasteiger partial charge is 0.383 e. The molecule has 2 N–H and O–H groups in total. The lowest BCUT2D eigenvalue weighted by Crippen LogP contribution is -2.09. The second kappa shape index (κ2) is 5.38. The summed E-state index contributed by atoms with van der Waals surface area (Å²) in [6.45, 7) is 8.13. The molecule has 2 rings (SSSR count). The molecular weight excluding hydrogens is 238 g/mol. The van der Waals surface area contributed by atoms with E-state index in [2.05, 4.69) is 28.9 Å². The first kappa shape index (κ1) is 13.5. The molecule has 2 aromatic heterocycles. The van der Waals surface area contributed by atoms with Gasteiger partial charge in [-0.05, 0) is 32.8 Å². The van der Waals surface area contributed by atoms with Gasteiger partial charge in [0.2, 0.25) is 0 Å². The highest BCUT2D eigenvalue weighted by molar-refractivity contribution is 5.47. The predicted octanol–water partition coefficient (Wildman–Crippen LogP) is 2.38. The van der Waals surface area contributed by atoms with Gasteiger partial charge in [-0.15, -0.1) is 0 Å². The SMILES string of the molecule is CCCc1c(CC)nn(-c2nc(C)cc(C)n2)c1N. The van der Waals surface area contributed by atoms with Crippen LogP contribution in [-0.4, -0.2) is 19.7 Å². The predicted molar refractivity (Wildman–Crippen MR) is 76.4 cm³/mol. The Morgan fingerprint density at radius 3 is 2.32 bits per heavy atom. The molecule has 19 heavy (non-hydrogen) atoms. The number of nitrogen functional groups attached to an aromatic ring is 1. The average molecular weight is 259 g/mol. The van der Waals surface area contributed by atoms with Crippen LogP contribution in [0, 0.1) is 13.8 Å². The lowest BCUT2D eigenvalue weighted by atomic mass is 10.1. The zero-order chi connectivity index (χ0) is 14.0. The van der Waals surface area contributed by atoms with Crippen molar-refractivity contribution < 1.29 is 0 Å². The van der Waals surface area contributed by atoms with Gasteiger partial charge >= 0.3 is 0 Å². The number of anilines is 1. The third kappa shape index (κ3) is 2.59. The molecule has 0 fully saturated rings. The standard InChI is InChI=1S/C14H21N5/c1-5-7-11-12(6-2)18-19(13(11)15)14-16-9(3)8-10(4)17-14/h8H,5-7,15H2,1-4H3. The monoisotopic (exact) mass is 259 g/mol. The fraction of sp³-hybridized carbons (Fsp3) is 0.500. The van der Waals surface area contributed by atoms with Crippen LogP contribution >= 0.6 is 0 Å². The Balaban J connectivity index is 2.56. The van der Waals surface area contributed by atoms with E-state index in [1.54, 1.807) is 4.68 Å². The molecule has 0 aliphatic carbocycles. The smallest absolute Gasteiger partial charge is 0.252 e. The van der Waals surface area contributed by atoms with Crippen molar-refractivity contribution in [1.82, 2.24) is 19.7 Å². The minimum Gasteiger partial charge on any atom is -0.383 e. The van der Waals surface area contributed by atoms with E-state index in [1.165, 1.54) is 0 Å². The van der Waals surface area contributed by atoms with Crippen LogP contribution < -0.4 is 5.73 Å². The summed E-state index contributed by atoms with van der Waals surface area (Å²) in [6.07, 6.45) is 2.87. The van der Waals surface area contributed by atoms with Crippen molar-refractivity contribution in [3.63, 3.8) is 0 Å². The topological polar surface area (TPSA) is 69.6 Å². The Morgan fingerprint density at radius 2 is 1.79 bits per heavy atom. The number of nitrogens with zero attached hydrogens (tertiary/aromatic N) is 4. The lowest BCUT2D eigenvalue weighted by Gasteiger charge is -2.05. The Labute approximate surface area is 113 Å². The number of aromatic nitrogens is 4. The van der Waals surface area contributed by atoms with Crippen LogP contribution in [0.15, 0.2) is 6.07 Å².